The number of hydrogen-bond donors (Lipinski definition) is 4. The normalized spacial score (nSPS) is 12.1. The van der Waals surface area contributed by atoms with Crippen LogP contribution in [0.2, 0.25) is 0 Å². The average molecular weight is 245 g/mol. The molecule has 2 aromatic rings. The zero-order chi connectivity index (χ0) is 13.1. The number of hydrogen-bond acceptors (Lipinski definition) is 4. The second-order valence-electron chi connectivity index (χ2n) is 4.13. The van der Waals surface area contributed by atoms with E-state index in [0.717, 1.165) is 0 Å². The first kappa shape index (κ1) is 12.1. The molecule has 18 heavy (non-hydrogen) atoms. The van der Waals surface area contributed by atoms with E-state index in [-0.39, 0.29) is 23.3 Å². The largest absolute Gasteiger partial charge is 0.508 e. The molecule has 0 aromatic heterocycles. The van der Waals surface area contributed by atoms with Crippen LogP contribution < -0.4 is 5.32 Å². The molecule has 0 heterocycles. The molecule has 0 spiro atoms. The SMILES string of the molecule is CC(Nc1cccc(O)c1)c1c(O)cccc1O. The van der Waals surface area contributed by atoms with Crippen LogP contribution in [0.5, 0.6) is 17.2 Å². The van der Waals surface area contributed by atoms with Gasteiger partial charge in [-0.2, -0.15) is 0 Å². The summed E-state index contributed by atoms with van der Waals surface area (Å²) in [5.74, 6) is 0.235. The lowest BCUT2D eigenvalue weighted by Gasteiger charge is -2.18. The first-order chi connectivity index (χ1) is 8.58. The molecule has 2 aromatic carbocycles. The van der Waals surface area contributed by atoms with Crippen molar-refractivity contribution in [1.29, 1.82) is 0 Å². The van der Waals surface area contributed by atoms with Gasteiger partial charge in [-0.3, -0.25) is 0 Å². The van der Waals surface area contributed by atoms with Crippen molar-refractivity contribution in [3.8, 4) is 17.2 Å². The lowest BCUT2D eigenvalue weighted by molar-refractivity contribution is 0.434. The van der Waals surface area contributed by atoms with Crippen LogP contribution in [0.3, 0.4) is 0 Å². The van der Waals surface area contributed by atoms with E-state index in [1.807, 2.05) is 6.92 Å². The Hall–Kier alpha value is -2.36. The lowest BCUT2D eigenvalue weighted by atomic mass is 10.1. The Morgan fingerprint density at radius 3 is 2.17 bits per heavy atom. The molecular weight excluding hydrogens is 230 g/mol. The highest BCUT2D eigenvalue weighted by Crippen LogP contribution is 2.34. The van der Waals surface area contributed by atoms with Gasteiger partial charge >= 0.3 is 0 Å². The molecule has 1 atom stereocenters. The van der Waals surface area contributed by atoms with Gasteiger partial charge in [0.05, 0.1) is 11.6 Å². The molecular formula is C14H15NO3. The Morgan fingerprint density at radius 2 is 1.56 bits per heavy atom. The second kappa shape index (κ2) is 4.87. The van der Waals surface area contributed by atoms with Crippen molar-refractivity contribution in [3.05, 3.63) is 48.0 Å². The molecule has 0 fully saturated rings. The molecule has 0 radical (unpaired) electrons. The minimum Gasteiger partial charge on any atom is -0.508 e. The first-order valence-corrected chi connectivity index (χ1v) is 5.64. The van der Waals surface area contributed by atoms with Crippen molar-refractivity contribution in [2.75, 3.05) is 5.32 Å². The minimum atomic E-state index is -0.284. The molecule has 1 unspecified atom stereocenters. The van der Waals surface area contributed by atoms with Gasteiger partial charge in [0.2, 0.25) is 0 Å². The number of benzene rings is 2. The maximum absolute atomic E-state index is 9.74. The van der Waals surface area contributed by atoms with Crippen molar-refractivity contribution in [2.45, 2.75) is 13.0 Å². The molecule has 0 saturated carbocycles. The Morgan fingerprint density at radius 1 is 0.944 bits per heavy atom. The van der Waals surface area contributed by atoms with Crippen LogP contribution in [0.1, 0.15) is 18.5 Å². The van der Waals surface area contributed by atoms with E-state index in [1.54, 1.807) is 30.3 Å². The van der Waals surface area contributed by atoms with Gasteiger partial charge in [0.15, 0.2) is 0 Å². The minimum absolute atomic E-state index is 0.0372. The summed E-state index contributed by atoms with van der Waals surface area (Å²) in [6.07, 6.45) is 0. The fourth-order valence-corrected chi connectivity index (χ4v) is 1.90. The quantitative estimate of drug-likeness (QED) is 0.670. The molecule has 4 nitrogen and oxygen atoms in total. The monoisotopic (exact) mass is 245 g/mol. The Kier molecular flexibility index (Phi) is 3.28. The highest BCUT2D eigenvalue weighted by molar-refractivity contribution is 5.53. The van der Waals surface area contributed by atoms with Gasteiger partial charge in [-0.05, 0) is 31.2 Å². The van der Waals surface area contributed by atoms with Crippen LogP contribution in [-0.2, 0) is 0 Å². The number of aromatic hydroxyl groups is 3. The van der Waals surface area contributed by atoms with Crippen molar-refractivity contribution in [2.24, 2.45) is 0 Å². The summed E-state index contributed by atoms with van der Waals surface area (Å²) in [5, 5.41) is 32.0. The van der Waals surface area contributed by atoms with Gasteiger partial charge in [0, 0.05) is 11.8 Å². The predicted octanol–water partition coefficient (Wildman–Crippen LogP) is 2.98. The number of anilines is 1. The van der Waals surface area contributed by atoms with Crippen molar-refractivity contribution in [1.82, 2.24) is 0 Å². The summed E-state index contributed by atoms with van der Waals surface area (Å²) < 4.78 is 0. The molecule has 0 aliphatic rings. The molecule has 4 N–H and O–H groups in total. The standard InChI is InChI=1S/C14H15NO3/c1-9(14-12(17)6-3-7-13(14)18)15-10-4-2-5-11(16)8-10/h2-9,15-18H,1H3. The maximum Gasteiger partial charge on any atom is 0.124 e. The molecule has 0 aliphatic carbocycles. The first-order valence-electron chi connectivity index (χ1n) is 5.64. The van der Waals surface area contributed by atoms with Crippen molar-refractivity contribution >= 4 is 5.69 Å². The molecule has 2 rings (SSSR count). The van der Waals surface area contributed by atoms with Gasteiger partial charge in [0.1, 0.15) is 17.2 Å². The molecule has 0 bridgehead atoms. The highest BCUT2D eigenvalue weighted by Gasteiger charge is 2.14. The lowest BCUT2D eigenvalue weighted by Crippen LogP contribution is -2.07. The van der Waals surface area contributed by atoms with E-state index < -0.39 is 0 Å². The van der Waals surface area contributed by atoms with Gasteiger partial charge in [-0.25, -0.2) is 0 Å². The van der Waals surface area contributed by atoms with E-state index in [2.05, 4.69) is 5.32 Å². The van der Waals surface area contributed by atoms with Gasteiger partial charge < -0.3 is 20.6 Å². The van der Waals surface area contributed by atoms with Crippen LogP contribution in [-0.4, -0.2) is 15.3 Å². The van der Waals surface area contributed by atoms with E-state index in [0.29, 0.717) is 11.3 Å². The maximum atomic E-state index is 9.74. The Balaban J connectivity index is 2.25. The Labute approximate surface area is 105 Å². The van der Waals surface area contributed by atoms with E-state index >= 15 is 0 Å². The van der Waals surface area contributed by atoms with Crippen LogP contribution in [0.15, 0.2) is 42.5 Å². The smallest absolute Gasteiger partial charge is 0.124 e. The third-order valence-corrected chi connectivity index (χ3v) is 2.72. The third kappa shape index (κ3) is 2.48. The summed E-state index contributed by atoms with van der Waals surface area (Å²) in [7, 11) is 0. The third-order valence-electron chi connectivity index (χ3n) is 2.72. The molecule has 94 valence electrons. The summed E-state index contributed by atoms with van der Waals surface area (Å²) in [6.45, 7) is 1.82. The van der Waals surface area contributed by atoms with E-state index in [4.69, 9.17) is 0 Å². The average Bonchev–Trinajstić information content (AvgIpc) is 2.28. The molecule has 4 heteroatoms. The van der Waals surface area contributed by atoms with Gasteiger partial charge in [-0.15, -0.1) is 0 Å². The zero-order valence-electron chi connectivity index (χ0n) is 9.96. The molecule has 0 amide bonds. The van der Waals surface area contributed by atoms with Crippen molar-refractivity contribution in [3.63, 3.8) is 0 Å². The van der Waals surface area contributed by atoms with Crippen molar-refractivity contribution < 1.29 is 15.3 Å². The number of phenolic OH excluding ortho intramolecular Hbond substituents is 3. The van der Waals surface area contributed by atoms with Gasteiger partial charge in [0.25, 0.3) is 0 Å². The van der Waals surface area contributed by atoms with Crippen LogP contribution in [0.25, 0.3) is 0 Å². The zero-order valence-corrected chi connectivity index (χ0v) is 9.96. The number of rotatable bonds is 3. The fraction of sp³-hybridized carbons (Fsp3) is 0.143. The van der Waals surface area contributed by atoms with Crippen LogP contribution in [0, 0.1) is 0 Å². The van der Waals surface area contributed by atoms with Crippen LogP contribution in [0.4, 0.5) is 5.69 Å². The second-order valence-corrected chi connectivity index (χ2v) is 4.13. The summed E-state index contributed by atoms with van der Waals surface area (Å²) >= 11 is 0. The van der Waals surface area contributed by atoms with E-state index in [9.17, 15) is 15.3 Å². The summed E-state index contributed by atoms with van der Waals surface area (Å²) in [4.78, 5) is 0. The van der Waals surface area contributed by atoms with Gasteiger partial charge in [-0.1, -0.05) is 12.1 Å². The predicted molar refractivity (Wildman–Crippen MR) is 69.9 cm³/mol. The van der Waals surface area contributed by atoms with E-state index in [1.165, 1.54) is 12.1 Å². The molecule has 0 aliphatic heterocycles. The fourth-order valence-electron chi connectivity index (χ4n) is 1.90. The summed E-state index contributed by atoms with van der Waals surface area (Å²) in [5.41, 5.74) is 1.14. The highest BCUT2D eigenvalue weighted by atomic mass is 16.3. The van der Waals surface area contributed by atoms with Crippen LogP contribution >= 0.6 is 0 Å². The summed E-state index contributed by atoms with van der Waals surface area (Å²) in [6, 6.07) is 11.0. The Bertz CT molecular complexity index is 534. The molecule has 0 saturated heterocycles. The topological polar surface area (TPSA) is 72.7 Å². The number of phenols is 3. The number of nitrogens with one attached hydrogen (secondary N) is 1.